The molecule has 8 heterocycles. The van der Waals surface area contributed by atoms with Crippen molar-refractivity contribution in [3.63, 3.8) is 0 Å². The summed E-state index contributed by atoms with van der Waals surface area (Å²) in [6.07, 6.45) is 13.1. The molecular formula is C97H86F2N8O13S4. The van der Waals surface area contributed by atoms with Crippen molar-refractivity contribution in [1.29, 1.82) is 0 Å². The van der Waals surface area contributed by atoms with Crippen molar-refractivity contribution >= 4 is 138 Å². The summed E-state index contributed by atoms with van der Waals surface area (Å²) in [6.45, 7) is 9.83. The van der Waals surface area contributed by atoms with Crippen LogP contribution in [0.3, 0.4) is 0 Å². The zero-order valence-electron chi connectivity index (χ0n) is 68.1. The van der Waals surface area contributed by atoms with Crippen LogP contribution < -0.4 is 52.4 Å². The lowest BCUT2D eigenvalue weighted by atomic mass is 9.94. The fourth-order valence-corrected chi connectivity index (χ4v) is 18.2. The normalized spacial score (nSPS) is 19.1. The number of benzene rings is 10. The van der Waals surface area contributed by atoms with E-state index >= 15 is 0 Å². The lowest BCUT2D eigenvalue weighted by Crippen LogP contribution is -2.40. The Morgan fingerprint density at radius 1 is 0.387 bits per heavy atom. The molecule has 0 bridgehead atoms. The molecule has 630 valence electrons. The molecule has 0 unspecified atom stereocenters. The maximum Gasteiger partial charge on any atom is 0.271 e. The van der Waals surface area contributed by atoms with E-state index in [1.54, 1.807) is 46.1 Å². The van der Waals surface area contributed by atoms with E-state index in [-0.39, 0.29) is 41.3 Å². The number of anilines is 2. The average molecular weight is 1740 g/mol. The smallest absolute Gasteiger partial charge is 0.271 e. The summed E-state index contributed by atoms with van der Waals surface area (Å²) < 4.78 is 76.6. The average Bonchev–Trinajstić information content (AvgIpc) is 1.63. The molecule has 9 aliphatic rings. The van der Waals surface area contributed by atoms with Crippen LogP contribution in [0.2, 0.25) is 0 Å². The monoisotopic (exact) mass is 1740 g/mol. The van der Waals surface area contributed by atoms with Crippen molar-refractivity contribution in [2.45, 2.75) is 65.1 Å². The molecule has 124 heavy (non-hydrogen) atoms. The molecule has 1 saturated carbocycles. The Morgan fingerprint density at radius 3 is 1.19 bits per heavy atom. The molecule has 0 aromatic heterocycles. The third-order valence-corrected chi connectivity index (χ3v) is 24.2. The number of hydrogen-bond acceptors (Lipinski definition) is 21. The van der Waals surface area contributed by atoms with Gasteiger partial charge in [0, 0.05) is 12.6 Å². The minimum atomic E-state index is -0.335. The molecule has 19 rings (SSSR count). The molecule has 0 N–H and O–H groups in total. The molecule has 10 aromatic carbocycles. The van der Waals surface area contributed by atoms with Crippen molar-refractivity contribution in [2.75, 3.05) is 76.3 Å². The number of amides is 4. The molecule has 0 radical (unpaired) electrons. The molecule has 10 aromatic rings. The molecule has 21 nitrogen and oxygen atoms in total. The first-order valence-electron chi connectivity index (χ1n) is 40.7. The van der Waals surface area contributed by atoms with E-state index in [1.807, 2.05) is 217 Å². The van der Waals surface area contributed by atoms with Crippen molar-refractivity contribution in [3.05, 3.63) is 301 Å². The maximum atomic E-state index is 13.4. The zero-order chi connectivity index (χ0) is 85.3. The molecular weight excluding hydrogens is 1650 g/mol. The number of halogens is 2. The van der Waals surface area contributed by atoms with Crippen molar-refractivity contribution in [3.8, 4) is 51.7 Å². The first-order valence-corrected chi connectivity index (χ1v) is 44.0. The van der Waals surface area contributed by atoms with Crippen LogP contribution in [-0.4, -0.2) is 127 Å². The van der Waals surface area contributed by atoms with Gasteiger partial charge in [-0.1, -0.05) is 136 Å². The van der Waals surface area contributed by atoms with Gasteiger partial charge in [-0.2, -0.15) is 0 Å². The Kier molecular flexibility index (Phi) is 27.7. The SMILES string of the molecule is CC(C)CN1C(=O)/C(=C/c2ccc3c(c2)OCCO3)SC1=NCc1ccc(F)cc1.COc1ccc(CN=C2S/C(=C\c3ccc4c(c3)OCCO4)C(=O)N2c2ccccc2)cc1.O=C1/C(=C/c2ccc3c(c2)OCCO3)SC(=Nc2ccc(F)cc2)N1c1ccccc1.O=C1/C(=C/c2ccc3c(c2)OCCO3)SC(=Nc2ccccc2)N1C1CCCCC1. The number of para-hydroxylation sites is 3. The fraction of sp³-hybridized carbons (Fsp3) is 0.216. The Morgan fingerprint density at radius 2 is 0.742 bits per heavy atom. The van der Waals surface area contributed by atoms with Gasteiger partial charge < -0.3 is 42.6 Å². The number of carbonyl (C=O) groups is 4. The highest BCUT2D eigenvalue weighted by molar-refractivity contribution is 8.20. The van der Waals surface area contributed by atoms with Gasteiger partial charge >= 0.3 is 0 Å². The van der Waals surface area contributed by atoms with Gasteiger partial charge in [-0.25, -0.2) is 18.8 Å². The summed E-state index contributed by atoms with van der Waals surface area (Å²) in [6, 6.07) is 71.6. The van der Waals surface area contributed by atoms with Gasteiger partial charge in [-0.3, -0.25) is 48.8 Å². The number of fused-ring (bicyclic) bond motifs is 4. The summed E-state index contributed by atoms with van der Waals surface area (Å²) in [7, 11) is 1.64. The highest BCUT2D eigenvalue weighted by Gasteiger charge is 2.41. The lowest BCUT2D eigenvalue weighted by Gasteiger charge is -2.30. The summed E-state index contributed by atoms with van der Waals surface area (Å²) in [5, 5.41) is 2.60. The predicted molar refractivity (Wildman–Crippen MR) is 489 cm³/mol. The number of ether oxygens (including phenoxy) is 9. The number of aliphatic imine (C=N–C) groups is 4. The first-order chi connectivity index (χ1) is 60.6. The third-order valence-electron chi connectivity index (χ3n) is 20.2. The summed E-state index contributed by atoms with van der Waals surface area (Å²) in [5.41, 5.74) is 8.38. The minimum absolute atomic E-state index is 0.0523. The van der Waals surface area contributed by atoms with E-state index in [0.29, 0.717) is 148 Å². The van der Waals surface area contributed by atoms with Gasteiger partial charge in [0.25, 0.3) is 23.6 Å². The Hall–Kier alpha value is -12.8. The molecule has 4 saturated heterocycles. The lowest BCUT2D eigenvalue weighted by molar-refractivity contribution is -0.124. The van der Waals surface area contributed by atoms with Gasteiger partial charge in [0.05, 0.1) is 62.6 Å². The quantitative estimate of drug-likeness (QED) is 0.0822. The Balaban J connectivity index is 0.000000122. The van der Waals surface area contributed by atoms with Gasteiger partial charge in [0.15, 0.2) is 66.7 Å². The summed E-state index contributed by atoms with van der Waals surface area (Å²) in [5.74, 6) is 5.89. The van der Waals surface area contributed by atoms with E-state index in [2.05, 4.69) is 23.8 Å². The summed E-state index contributed by atoms with van der Waals surface area (Å²) >= 11 is 5.47. The van der Waals surface area contributed by atoms with Gasteiger partial charge in [-0.15, -0.1) is 0 Å². The van der Waals surface area contributed by atoms with E-state index in [0.717, 1.165) is 91.5 Å². The largest absolute Gasteiger partial charge is 0.497 e. The molecule has 1 aliphatic carbocycles. The number of methoxy groups -OCH3 is 1. The number of carbonyl (C=O) groups excluding carboxylic acids is 4. The third kappa shape index (κ3) is 21.3. The summed E-state index contributed by atoms with van der Waals surface area (Å²) in [4.78, 5) is 81.3. The Bertz CT molecular complexity index is 5840. The van der Waals surface area contributed by atoms with Crippen LogP contribution in [0.5, 0.6) is 51.7 Å². The number of hydrogen-bond donors (Lipinski definition) is 0. The fourth-order valence-electron chi connectivity index (χ4n) is 14.2. The maximum absolute atomic E-state index is 13.4. The second-order valence-electron chi connectivity index (χ2n) is 29.6. The van der Waals surface area contributed by atoms with Crippen molar-refractivity contribution in [2.24, 2.45) is 25.9 Å². The van der Waals surface area contributed by atoms with Crippen LogP contribution in [-0.2, 0) is 32.3 Å². The zero-order valence-corrected chi connectivity index (χ0v) is 71.3. The minimum Gasteiger partial charge on any atom is -0.497 e. The van der Waals surface area contributed by atoms with Gasteiger partial charge in [0.1, 0.15) is 70.2 Å². The van der Waals surface area contributed by atoms with E-state index in [1.165, 1.54) is 90.6 Å². The number of thioether (sulfide) groups is 4. The van der Waals surface area contributed by atoms with E-state index < -0.39 is 0 Å². The second kappa shape index (κ2) is 40.5. The first kappa shape index (κ1) is 84.8. The van der Waals surface area contributed by atoms with Crippen molar-refractivity contribution in [1.82, 2.24) is 9.80 Å². The molecule has 5 fully saturated rings. The van der Waals surface area contributed by atoms with E-state index in [9.17, 15) is 28.0 Å². The Labute approximate surface area is 734 Å². The molecule has 27 heteroatoms. The van der Waals surface area contributed by atoms with Crippen LogP contribution in [0, 0.1) is 17.6 Å². The predicted octanol–water partition coefficient (Wildman–Crippen LogP) is 20.7. The van der Waals surface area contributed by atoms with Gasteiger partial charge in [0.2, 0.25) is 0 Å². The second-order valence-corrected chi connectivity index (χ2v) is 33.6. The highest BCUT2D eigenvalue weighted by atomic mass is 32.2. The molecule has 0 spiro atoms. The van der Waals surface area contributed by atoms with E-state index in [4.69, 9.17) is 52.6 Å². The van der Waals surface area contributed by atoms with Crippen LogP contribution in [0.1, 0.15) is 79.3 Å². The molecule has 0 atom stereocenters. The number of amidine groups is 4. The van der Waals surface area contributed by atoms with Crippen LogP contribution in [0.15, 0.2) is 276 Å². The van der Waals surface area contributed by atoms with Crippen molar-refractivity contribution < 1.29 is 70.6 Å². The van der Waals surface area contributed by atoms with Gasteiger partial charge in [-0.05, 0) is 257 Å². The standard InChI is InChI=1S/C26H22N2O4S.C24H17FN2O3S.C24H24N2O3S.C23H23FN2O3S/c1-30-21-10-7-18(8-11-21)17-27-26-28(20-5-3-2-4-6-20)25(29)24(33-26)16-19-9-12-22-23(15-19)32-14-13-31-22;25-17-7-9-18(10-8-17)26-24-27(19-4-2-1-3-5-19)23(28)22(31-24)15-16-6-11-20-21(14-16)30-13-12-29-20;27-23-22(16-17-11-12-20-21(15-17)29-14-13-28-20)30-24(25-18-7-3-1-4-8-18)26(23)19-9-5-2-6-10-19;1-15(2)14-26-22(27)21(12-17-5-8-19-20(11-17)29-10-9-28-19)30-23(26)25-13-16-3-6-18(24)7-4-16/h2-12,15-16H,13-14,17H2,1H3;1-11,14-15H,12-13H2;1,3-4,7-8,11-12,15-16,19H,2,5-6,9-10,13-14H2;3-8,11-12,15H,9-10,13-14H2,1-2H3/b24-16-,27-26?;22-15-,26-24?;22-16-,25-24?;21-12-,25-23?. The number of nitrogens with zero attached hydrogens (tertiary/aromatic N) is 8. The molecule has 4 amide bonds. The molecule has 8 aliphatic heterocycles. The van der Waals surface area contributed by atoms with Crippen LogP contribution in [0.25, 0.3) is 24.3 Å². The number of rotatable bonds is 16. The highest BCUT2D eigenvalue weighted by Crippen LogP contribution is 2.45. The van der Waals surface area contributed by atoms with Crippen LogP contribution in [0.4, 0.5) is 31.5 Å². The van der Waals surface area contributed by atoms with Crippen LogP contribution >= 0.6 is 47.0 Å². The topological polar surface area (TPSA) is 214 Å².